The fourth-order valence-corrected chi connectivity index (χ4v) is 2.99. The molecule has 3 N–H and O–H groups in total. The summed E-state index contributed by atoms with van der Waals surface area (Å²) < 4.78 is 0. The van der Waals surface area contributed by atoms with E-state index < -0.39 is 11.4 Å². The Morgan fingerprint density at radius 2 is 1.68 bits per heavy atom. The Labute approximate surface area is 170 Å². The molecule has 7 heteroatoms. The Balaban J connectivity index is 0.00000280. The van der Waals surface area contributed by atoms with Crippen molar-refractivity contribution in [3.8, 4) is 0 Å². The van der Waals surface area contributed by atoms with E-state index in [1.165, 1.54) is 17.0 Å². The Morgan fingerprint density at radius 1 is 1.04 bits per heavy atom. The fourth-order valence-electron chi connectivity index (χ4n) is 2.99. The molecule has 28 heavy (non-hydrogen) atoms. The highest BCUT2D eigenvalue weighted by Gasteiger charge is 2.38. The van der Waals surface area contributed by atoms with Crippen LogP contribution in [0.4, 0.5) is 5.69 Å². The summed E-state index contributed by atoms with van der Waals surface area (Å²) in [7, 11) is 0. The van der Waals surface area contributed by atoms with Gasteiger partial charge in [-0.15, -0.1) is 12.4 Å². The second-order valence-electron chi connectivity index (χ2n) is 7.54. The van der Waals surface area contributed by atoms with Crippen molar-refractivity contribution in [3.63, 3.8) is 0 Å². The first-order valence-corrected chi connectivity index (χ1v) is 8.77. The van der Waals surface area contributed by atoms with Crippen molar-refractivity contribution >= 4 is 35.8 Å². The lowest BCUT2D eigenvalue weighted by atomic mass is 10.0. The molecule has 1 heterocycles. The number of rotatable bonds is 4. The third-order valence-electron chi connectivity index (χ3n) is 4.72. The lowest BCUT2D eigenvalue weighted by Gasteiger charge is -2.24. The van der Waals surface area contributed by atoms with Gasteiger partial charge in [-0.25, -0.2) is 4.90 Å². The monoisotopic (exact) mass is 401 g/mol. The van der Waals surface area contributed by atoms with Crippen molar-refractivity contribution in [3.05, 3.63) is 64.2 Å². The largest absolute Gasteiger partial charge is 0.346 e. The molecule has 6 nitrogen and oxygen atoms in total. The van der Waals surface area contributed by atoms with Crippen molar-refractivity contribution in [2.45, 2.75) is 33.2 Å². The van der Waals surface area contributed by atoms with Gasteiger partial charge in [0, 0.05) is 17.6 Å². The normalized spacial score (nSPS) is 13.2. The summed E-state index contributed by atoms with van der Waals surface area (Å²) in [5.41, 5.74) is 8.29. The van der Waals surface area contributed by atoms with Gasteiger partial charge in [0.2, 0.25) is 0 Å². The standard InChI is InChI=1S/C21H23N3O3.ClH/c1-12-5-6-13(2)17(9-12)24-19(26)15-8-7-14(10-16(15)20(24)27)18(25)23-21(3,4)11-22;/h5-10H,11,22H2,1-4H3,(H,23,25);1H. The number of nitrogens with zero attached hydrogens (tertiary/aromatic N) is 1. The molecule has 0 unspecified atom stereocenters. The van der Waals surface area contributed by atoms with Crippen LogP contribution in [0.1, 0.15) is 56.0 Å². The first-order chi connectivity index (χ1) is 12.6. The summed E-state index contributed by atoms with van der Waals surface area (Å²) >= 11 is 0. The summed E-state index contributed by atoms with van der Waals surface area (Å²) in [5.74, 6) is -1.13. The summed E-state index contributed by atoms with van der Waals surface area (Å²) in [5, 5.41) is 2.83. The van der Waals surface area contributed by atoms with Gasteiger partial charge in [0.05, 0.1) is 16.8 Å². The summed E-state index contributed by atoms with van der Waals surface area (Å²) in [6.45, 7) is 7.67. The molecule has 148 valence electrons. The van der Waals surface area contributed by atoms with Gasteiger partial charge in [-0.05, 0) is 63.1 Å². The third kappa shape index (κ3) is 3.79. The number of carbonyl (C=O) groups is 3. The van der Waals surface area contributed by atoms with Crippen molar-refractivity contribution in [1.29, 1.82) is 0 Å². The number of hydrogen-bond donors (Lipinski definition) is 2. The van der Waals surface area contributed by atoms with Gasteiger partial charge in [0.15, 0.2) is 0 Å². The second kappa shape index (κ2) is 7.73. The lowest BCUT2D eigenvalue weighted by molar-refractivity contribution is 0.0910. The Morgan fingerprint density at radius 3 is 2.32 bits per heavy atom. The predicted molar refractivity (Wildman–Crippen MR) is 111 cm³/mol. The maximum atomic E-state index is 12.9. The Hall–Kier alpha value is -2.70. The van der Waals surface area contributed by atoms with Crippen LogP contribution in [0.5, 0.6) is 0 Å². The molecule has 0 bridgehead atoms. The van der Waals surface area contributed by atoms with E-state index in [1.807, 2.05) is 45.9 Å². The maximum absolute atomic E-state index is 12.9. The number of halogens is 1. The van der Waals surface area contributed by atoms with E-state index in [9.17, 15) is 14.4 Å². The van der Waals surface area contributed by atoms with Crippen LogP contribution in [0, 0.1) is 13.8 Å². The highest BCUT2D eigenvalue weighted by atomic mass is 35.5. The topological polar surface area (TPSA) is 92.5 Å². The fraction of sp³-hybridized carbons (Fsp3) is 0.286. The van der Waals surface area contributed by atoms with E-state index in [1.54, 1.807) is 6.07 Å². The van der Waals surface area contributed by atoms with Crippen LogP contribution >= 0.6 is 12.4 Å². The second-order valence-corrected chi connectivity index (χ2v) is 7.54. The average molecular weight is 402 g/mol. The van der Waals surface area contributed by atoms with E-state index >= 15 is 0 Å². The van der Waals surface area contributed by atoms with Crippen LogP contribution in [0.2, 0.25) is 0 Å². The first-order valence-electron chi connectivity index (χ1n) is 8.77. The third-order valence-corrected chi connectivity index (χ3v) is 4.72. The molecule has 1 aliphatic heterocycles. The number of aryl methyl sites for hydroxylation is 2. The van der Waals surface area contributed by atoms with E-state index in [-0.39, 0.29) is 36.3 Å². The molecule has 0 aliphatic carbocycles. The van der Waals surface area contributed by atoms with Gasteiger partial charge in [-0.1, -0.05) is 12.1 Å². The smallest absolute Gasteiger partial charge is 0.266 e. The van der Waals surface area contributed by atoms with Crippen molar-refractivity contribution in [2.24, 2.45) is 5.73 Å². The zero-order valence-electron chi connectivity index (χ0n) is 16.3. The summed E-state index contributed by atoms with van der Waals surface area (Å²) in [6, 6.07) is 10.2. The SMILES string of the molecule is Cc1ccc(C)c(N2C(=O)c3ccc(C(=O)NC(C)(C)CN)cc3C2=O)c1.Cl. The molecule has 3 rings (SSSR count). The number of anilines is 1. The Kier molecular flexibility index (Phi) is 5.97. The number of hydrogen-bond acceptors (Lipinski definition) is 4. The molecule has 2 aromatic carbocycles. The van der Waals surface area contributed by atoms with Gasteiger partial charge in [0.1, 0.15) is 0 Å². The van der Waals surface area contributed by atoms with Crippen molar-refractivity contribution in [1.82, 2.24) is 5.32 Å². The van der Waals surface area contributed by atoms with Crippen LogP contribution in [-0.4, -0.2) is 29.8 Å². The molecule has 0 radical (unpaired) electrons. The quantitative estimate of drug-likeness (QED) is 0.770. The molecule has 0 fully saturated rings. The average Bonchev–Trinajstić information content (AvgIpc) is 2.87. The van der Waals surface area contributed by atoms with Crippen molar-refractivity contribution < 1.29 is 14.4 Å². The minimum absolute atomic E-state index is 0. The first kappa shape index (κ1) is 21.6. The summed E-state index contributed by atoms with van der Waals surface area (Å²) in [4.78, 5) is 39.4. The number of benzene rings is 2. The lowest BCUT2D eigenvalue weighted by Crippen LogP contribution is -2.48. The van der Waals surface area contributed by atoms with Crippen LogP contribution in [0.3, 0.4) is 0 Å². The number of fused-ring (bicyclic) bond motifs is 1. The minimum atomic E-state index is -0.569. The predicted octanol–water partition coefficient (Wildman–Crippen LogP) is 2.99. The van der Waals surface area contributed by atoms with E-state index in [0.29, 0.717) is 16.8 Å². The van der Waals surface area contributed by atoms with E-state index in [2.05, 4.69) is 5.32 Å². The number of nitrogens with two attached hydrogens (primary N) is 1. The van der Waals surface area contributed by atoms with Crippen LogP contribution in [0.15, 0.2) is 36.4 Å². The minimum Gasteiger partial charge on any atom is -0.346 e. The summed E-state index contributed by atoms with van der Waals surface area (Å²) in [6.07, 6.45) is 0. The zero-order valence-corrected chi connectivity index (χ0v) is 17.1. The molecule has 0 spiro atoms. The molecule has 0 saturated heterocycles. The van der Waals surface area contributed by atoms with Crippen LogP contribution in [0.25, 0.3) is 0 Å². The van der Waals surface area contributed by atoms with E-state index in [0.717, 1.165) is 11.1 Å². The molecular weight excluding hydrogens is 378 g/mol. The number of carbonyl (C=O) groups excluding carboxylic acids is 3. The van der Waals surface area contributed by atoms with Gasteiger partial charge in [-0.2, -0.15) is 0 Å². The number of amides is 3. The number of nitrogens with one attached hydrogen (secondary N) is 1. The Bertz CT molecular complexity index is 969. The molecule has 2 aromatic rings. The van der Waals surface area contributed by atoms with Crippen molar-refractivity contribution in [2.75, 3.05) is 11.4 Å². The zero-order chi connectivity index (χ0) is 19.9. The molecule has 1 aliphatic rings. The molecular formula is C21H24ClN3O3. The van der Waals surface area contributed by atoms with Crippen LogP contribution < -0.4 is 16.0 Å². The molecule has 0 aromatic heterocycles. The van der Waals surface area contributed by atoms with Gasteiger partial charge in [0.25, 0.3) is 17.7 Å². The van der Waals surface area contributed by atoms with Gasteiger partial charge < -0.3 is 11.1 Å². The highest BCUT2D eigenvalue weighted by molar-refractivity contribution is 6.35. The maximum Gasteiger partial charge on any atom is 0.266 e. The number of imide groups is 1. The van der Waals surface area contributed by atoms with E-state index in [4.69, 9.17) is 5.73 Å². The molecule has 3 amide bonds. The van der Waals surface area contributed by atoms with Gasteiger partial charge in [-0.3, -0.25) is 14.4 Å². The molecule has 0 saturated carbocycles. The van der Waals surface area contributed by atoms with Gasteiger partial charge >= 0.3 is 0 Å². The highest BCUT2D eigenvalue weighted by Crippen LogP contribution is 2.31. The molecule has 0 atom stereocenters. The van der Waals surface area contributed by atoms with Crippen LogP contribution in [-0.2, 0) is 0 Å².